The van der Waals surface area contributed by atoms with Gasteiger partial charge >= 0.3 is 0 Å². The van der Waals surface area contributed by atoms with Crippen LogP contribution in [0, 0.1) is 5.41 Å². The number of guanidine groups is 1. The van der Waals surface area contributed by atoms with Crippen LogP contribution in [-0.2, 0) is 22.6 Å². The molecular formula is C24H39IN4O2. The van der Waals surface area contributed by atoms with Gasteiger partial charge in [0.1, 0.15) is 0 Å². The number of hydrogen-bond acceptors (Lipinski definition) is 4. The van der Waals surface area contributed by atoms with Crippen molar-refractivity contribution in [3.05, 3.63) is 35.4 Å². The number of nitrogens with zero attached hydrogens (tertiary/aromatic N) is 3. The van der Waals surface area contributed by atoms with Crippen molar-refractivity contribution in [3.63, 3.8) is 0 Å². The predicted octanol–water partition coefficient (Wildman–Crippen LogP) is 3.49. The van der Waals surface area contributed by atoms with E-state index in [0.29, 0.717) is 24.2 Å². The highest BCUT2D eigenvalue weighted by Gasteiger charge is 2.42. The molecule has 0 amide bonds. The summed E-state index contributed by atoms with van der Waals surface area (Å²) in [7, 11) is 0. The first kappa shape index (κ1) is 24.7. The lowest BCUT2D eigenvalue weighted by molar-refractivity contribution is -0.0705. The zero-order chi connectivity index (χ0) is 21.0. The highest BCUT2D eigenvalue weighted by atomic mass is 127. The number of aliphatic imine (C=N–C) groups is 1. The first-order valence-electron chi connectivity index (χ1n) is 11.6. The number of ether oxygens (including phenoxy) is 2. The van der Waals surface area contributed by atoms with Gasteiger partial charge in [-0.25, -0.2) is 4.99 Å². The topological polar surface area (TPSA) is 49.3 Å². The second-order valence-corrected chi connectivity index (χ2v) is 9.36. The third kappa shape index (κ3) is 6.33. The summed E-state index contributed by atoms with van der Waals surface area (Å²) in [6.45, 7) is 15.0. The van der Waals surface area contributed by atoms with E-state index in [1.54, 1.807) is 0 Å². The summed E-state index contributed by atoms with van der Waals surface area (Å²) in [5.74, 6) is 1.05. The average Bonchev–Trinajstić information content (AvgIpc) is 3.35. The Morgan fingerprint density at radius 2 is 1.90 bits per heavy atom. The van der Waals surface area contributed by atoms with E-state index in [1.165, 1.54) is 24.0 Å². The largest absolute Gasteiger partial charge is 0.381 e. The van der Waals surface area contributed by atoms with E-state index >= 15 is 0 Å². The minimum atomic E-state index is 0. The molecular weight excluding hydrogens is 503 g/mol. The Kier molecular flexibility index (Phi) is 9.01. The average molecular weight is 543 g/mol. The van der Waals surface area contributed by atoms with Crippen molar-refractivity contribution in [2.24, 2.45) is 10.4 Å². The summed E-state index contributed by atoms with van der Waals surface area (Å²) in [5.41, 5.74) is 3.04. The van der Waals surface area contributed by atoms with Crippen LogP contribution >= 0.6 is 24.0 Å². The molecule has 3 unspecified atom stereocenters. The summed E-state index contributed by atoms with van der Waals surface area (Å²) in [4.78, 5) is 10.00. The molecule has 31 heavy (non-hydrogen) atoms. The Labute approximate surface area is 204 Å². The summed E-state index contributed by atoms with van der Waals surface area (Å²) >= 11 is 0. The van der Waals surface area contributed by atoms with Gasteiger partial charge in [0.15, 0.2) is 5.96 Å². The molecule has 3 heterocycles. The van der Waals surface area contributed by atoms with E-state index in [-0.39, 0.29) is 24.0 Å². The number of nitrogens with one attached hydrogen (secondary N) is 1. The molecule has 3 aliphatic heterocycles. The summed E-state index contributed by atoms with van der Waals surface area (Å²) in [6.07, 6.45) is 2.98. The molecule has 0 bridgehead atoms. The molecule has 3 atom stereocenters. The normalized spacial score (nSPS) is 29.4. The Morgan fingerprint density at radius 3 is 2.58 bits per heavy atom. The van der Waals surface area contributed by atoms with Gasteiger partial charge in [-0.15, -0.1) is 24.0 Å². The van der Waals surface area contributed by atoms with Crippen molar-refractivity contribution in [3.8, 4) is 0 Å². The molecule has 3 aliphatic rings. The third-order valence-corrected chi connectivity index (χ3v) is 6.66. The fourth-order valence-electron chi connectivity index (χ4n) is 5.19. The molecule has 6 nitrogen and oxygen atoms in total. The molecule has 1 N–H and O–H groups in total. The van der Waals surface area contributed by atoms with Crippen LogP contribution in [0.25, 0.3) is 0 Å². The molecule has 0 aliphatic carbocycles. The standard InChI is InChI=1S/C24H38N4O2.HI/c1-4-25-23(28-11-9-24(17-28)10-12-29-18-24)26-13-21-7-5-6-8-22(21)16-27-14-19(2)30-20(3)15-27;/h5-8,19-20H,4,9-18H2,1-3H3,(H,25,26);1H. The van der Waals surface area contributed by atoms with Crippen LogP contribution in [0.4, 0.5) is 0 Å². The van der Waals surface area contributed by atoms with Crippen molar-refractivity contribution in [2.45, 2.75) is 58.9 Å². The predicted molar refractivity (Wildman–Crippen MR) is 136 cm³/mol. The molecule has 1 aromatic carbocycles. The molecule has 0 aromatic heterocycles. The molecule has 4 rings (SSSR count). The maximum absolute atomic E-state index is 5.90. The fourth-order valence-corrected chi connectivity index (χ4v) is 5.19. The fraction of sp³-hybridized carbons (Fsp3) is 0.708. The quantitative estimate of drug-likeness (QED) is 0.351. The zero-order valence-electron chi connectivity index (χ0n) is 19.3. The number of halogens is 1. The molecule has 0 radical (unpaired) electrons. The van der Waals surface area contributed by atoms with Crippen LogP contribution in [0.2, 0.25) is 0 Å². The van der Waals surface area contributed by atoms with E-state index in [1.807, 2.05) is 0 Å². The van der Waals surface area contributed by atoms with Gasteiger partial charge in [0.25, 0.3) is 0 Å². The van der Waals surface area contributed by atoms with Crippen LogP contribution in [0.3, 0.4) is 0 Å². The van der Waals surface area contributed by atoms with Crippen molar-refractivity contribution < 1.29 is 9.47 Å². The molecule has 3 saturated heterocycles. The lowest BCUT2D eigenvalue weighted by Gasteiger charge is -2.35. The van der Waals surface area contributed by atoms with Crippen molar-refractivity contribution in [1.82, 2.24) is 15.1 Å². The third-order valence-electron chi connectivity index (χ3n) is 6.66. The first-order chi connectivity index (χ1) is 14.6. The number of likely N-dealkylation sites (tertiary alicyclic amines) is 1. The van der Waals surface area contributed by atoms with E-state index in [4.69, 9.17) is 14.5 Å². The number of rotatable bonds is 5. The number of morpholine rings is 1. The van der Waals surface area contributed by atoms with Crippen LogP contribution in [-0.4, -0.2) is 73.9 Å². The van der Waals surface area contributed by atoms with Crippen LogP contribution in [0.1, 0.15) is 44.7 Å². The number of hydrogen-bond donors (Lipinski definition) is 1. The summed E-state index contributed by atoms with van der Waals surface area (Å²) in [5, 5.41) is 3.52. The molecule has 1 aromatic rings. The van der Waals surface area contributed by atoms with Crippen molar-refractivity contribution in [1.29, 1.82) is 0 Å². The van der Waals surface area contributed by atoms with Gasteiger partial charge in [-0.2, -0.15) is 0 Å². The van der Waals surface area contributed by atoms with Crippen molar-refractivity contribution in [2.75, 3.05) is 45.9 Å². The summed E-state index contributed by atoms with van der Waals surface area (Å²) in [6, 6.07) is 8.76. The van der Waals surface area contributed by atoms with Gasteiger partial charge in [-0.3, -0.25) is 4.90 Å². The van der Waals surface area contributed by atoms with E-state index in [0.717, 1.165) is 58.4 Å². The molecule has 0 saturated carbocycles. The van der Waals surface area contributed by atoms with Gasteiger partial charge in [0, 0.05) is 51.3 Å². The van der Waals surface area contributed by atoms with E-state index in [2.05, 4.69) is 60.2 Å². The zero-order valence-corrected chi connectivity index (χ0v) is 21.6. The maximum atomic E-state index is 5.90. The lowest BCUT2D eigenvalue weighted by atomic mass is 9.87. The molecule has 3 fully saturated rings. The minimum absolute atomic E-state index is 0. The molecule has 174 valence electrons. The SMILES string of the molecule is CCNC(=NCc1ccccc1CN1CC(C)OC(C)C1)N1CCC2(CCOC2)C1.I. The highest BCUT2D eigenvalue weighted by Crippen LogP contribution is 2.38. The number of benzene rings is 1. The molecule has 1 spiro atoms. The Hall–Kier alpha value is -0.900. The summed E-state index contributed by atoms with van der Waals surface area (Å²) < 4.78 is 11.6. The van der Waals surface area contributed by atoms with Crippen LogP contribution < -0.4 is 5.32 Å². The van der Waals surface area contributed by atoms with Crippen LogP contribution in [0.15, 0.2) is 29.3 Å². The second kappa shape index (κ2) is 11.3. The van der Waals surface area contributed by atoms with Gasteiger partial charge in [0.2, 0.25) is 0 Å². The highest BCUT2D eigenvalue weighted by molar-refractivity contribution is 14.0. The van der Waals surface area contributed by atoms with Gasteiger partial charge < -0.3 is 19.7 Å². The minimum Gasteiger partial charge on any atom is -0.381 e. The van der Waals surface area contributed by atoms with Crippen LogP contribution in [0.5, 0.6) is 0 Å². The van der Waals surface area contributed by atoms with E-state index < -0.39 is 0 Å². The Morgan fingerprint density at radius 1 is 1.16 bits per heavy atom. The van der Waals surface area contributed by atoms with E-state index in [9.17, 15) is 0 Å². The molecule has 7 heteroatoms. The Balaban J connectivity index is 0.00000272. The first-order valence-corrected chi connectivity index (χ1v) is 11.6. The Bertz CT molecular complexity index is 728. The van der Waals surface area contributed by atoms with Gasteiger partial charge in [-0.1, -0.05) is 24.3 Å². The second-order valence-electron chi connectivity index (χ2n) is 9.36. The van der Waals surface area contributed by atoms with Crippen molar-refractivity contribution >= 4 is 29.9 Å². The monoisotopic (exact) mass is 542 g/mol. The smallest absolute Gasteiger partial charge is 0.194 e. The van der Waals surface area contributed by atoms with Gasteiger partial charge in [0.05, 0.1) is 25.4 Å². The lowest BCUT2D eigenvalue weighted by Crippen LogP contribution is -2.44. The van der Waals surface area contributed by atoms with Gasteiger partial charge in [-0.05, 0) is 44.7 Å². The maximum Gasteiger partial charge on any atom is 0.194 e.